The van der Waals surface area contributed by atoms with Crippen LogP contribution in [0.15, 0.2) is 60.1 Å². The lowest BCUT2D eigenvalue weighted by molar-refractivity contribution is 0.0790. The molecule has 0 saturated heterocycles. The number of rotatable bonds is 5. The van der Waals surface area contributed by atoms with Crippen LogP contribution in [0.4, 0.5) is 5.82 Å². The summed E-state index contributed by atoms with van der Waals surface area (Å²) in [6.07, 6.45) is 1.39. The predicted molar refractivity (Wildman–Crippen MR) is 120 cm³/mol. The number of para-hydroxylation sites is 2. The van der Waals surface area contributed by atoms with E-state index in [-0.39, 0.29) is 11.9 Å². The van der Waals surface area contributed by atoms with Crippen LogP contribution in [0.25, 0.3) is 21.8 Å². The minimum atomic E-state index is -0.219. The highest BCUT2D eigenvalue weighted by Gasteiger charge is 2.24. The molecule has 1 atom stereocenters. The van der Waals surface area contributed by atoms with Gasteiger partial charge in [0.25, 0.3) is 0 Å². The number of anilines is 1. The Morgan fingerprint density at radius 1 is 1.19 bits per heavy atom. The van der Waals surface area contributed by atoms with Crippen LogP contribution in [0.5, 0.6) is 23.0 Å². The number of aromatic hydroxyl groups is 1. The van der Waals surface area contributed by atoms with Crippen molar-refractivity contribution < 1.29 is 19.3 Å². The van der Waals surface area contributed by atoms with Crippen molar-refractivity contribution in [2.24, 2.45) is 0 Å². The van der Waals surface area contributed by atoms with Gasteiger partial charge in [0, 0.05) is 17.1 Å². The van der Waals surface area contributed by atoms with Gasteiger partial charge in [-0.3, -0.25) is 0 Å². The van der Waals surface area contributed by atoms with Crippen molar-refractivity contribution in [1.29, 1.82) is 0 Å². The zero-order valence-electron chi connectivity index (χ0n) is 16.8. The second-order valence-electron chi connectivity index (χ2n) is 7.19. The number of methoxy groups -OCH3 is 1. The fourth-order valence-electron chi connectivity index (χ4n) is 3.58. The molecule has 3 heterocycles. The van der Waals surface area contributed by atoms with Gasteiger partial charge in [0.15, 0.2) is 17.6 Å². The highest BCUT2D eigenvalue weighted by atomic mass is 32.1. The van der Waals surface area contributed by atoms with Crippen molar-refractivity contribution in [1.82, 2.24) is 9.55 Å². The van der Waals surface area contributed by atoms with E-state index >= 15 is 0 Å². The molecule has 4 aromatic rings. The van der Waals surface area contributed by atoms with Crippen LogP contribution >= 0.6 is 11.3 Å². The molecule has 158 valence electrons. The third kappa shape index (κ3) is 3.66. The number of thiazole rings is 1. The first-order valence-electron chi connectivity index (χ1n) is 9.78. The van der Waals surface area contributed by atoms with E-state index in [1.165, 1.54) is 11.3 Å². The lowest BCUT2D eigenvalue weighted by Crippen LogP contribution is -2.33. The highest BCUT2D eigenvalue weighted by Crippen LogP contribution is 2.40. The third-order valence-corrected chi connectivity index (χ3v) is 6.03. The first-order chi connectivity index (χ1) is 15.1. The summed E-state index contributed by atoms with van der Waals surface area (Å²) >= 11 is 1.43. The van der Waals surface area contributed by atoms with Crippen LogP contribution in [0, 0.1) is 0 Å². The summed E-state index contributed by atoms with van der Waals surface area (Å²) in [5, 5.41) is 13.2. The van der Waals surface area contributed by atoms with E-state index in [1.54, 1.807) is 17.9 Å². The summed E-state index contributed by atoms with van der Waals surface area (Å²) in [5.41, 5.74) is 8.70. The molecule has 8 heteroatoms. The lowest BCUT2D eigenvalue weighted by atomic mass is 10.2. The quantitative estimate of drug-likeness (QED) is 0.482. The van der Waals surface area contributed by atoms with E-state index in [9.17, 15) is 5.11 Å². The van der Waals surface area contributed by atoms with Gasteiger partial charge in [-0.25, -0.2) is 4.98 Å². The zero-order chi connectivity index (χ0) is 21.4. The van der Waals surface area contributed by atoms with Gasteiger partial charge in [-0.15, -0.1) is 11.3 Å². The van der Waals surface area contributed by atoms with Crippen molar-refractivity contribution in [3.63, 3.8) is 0 Å². The SMILES string of the molecule is COc1ccc(-c2csc(-c3c(O)cn(C[C@@H]4COc5ccccc5O4)c3N)n2)cc1. The van der Waals surface area contributed by atoms with Crippen LogP contribution in [0.2, 0.25) is 0 Å². The van der Waals surface area contributed by atoms with Gasteiger partial charge in [0.2, 0.25) is 0 Å². The average molecular weight is 436 g/mol. The molecule has 0 radical (unpaired) electrons. The Morgan fingerprint density at radius 2 is 1.97 bits per heavy atom. The van der Waals surface area contributed by atoms with Crippen molar-refractivity contribution in [2.75, 3.05) is 19.5 Å². The van der Waals surface area contributed by atoms with Gasteiger partial charge in [-0.1, -0.05) is 12.1 Å². The number of hydrogen-bond donors (Lipinski definition) is 2. The van der Waals surface area contributed by atoms with Gasteiger partial charge < -0.3 is 29.6 Å². The van der Waals surface area contributed by atoms with E-state index in [1.807, 2.05) is 53.9 Å². The molecule has 0 unspecified atom stereocenters. The molecule has 1 aliphatic heterocycles. The third-order valence-electron chi connectivity index (χ3n) is 5.17. The second-order valence-corrected chi connectivity index (χ2v) is 8.05. The van der Waals surface area contributed by atoms with Crippen LogP contribution in [-0.2, 0) is 6.54 Å². The average Bonchev–Trinajstić information content (AvgIpc) is 3.38. The second kappa shape index (κ2) is 7.88. The maximum Gasteiger partial charge on any atom is 0.161 e. The number of nitrogen functional groups attached to an aromatic ring is 1. The first-order valence-corrected chi connectivity index (χ1v) is 10.7. The van der Waals surface area contributed by atoms with Crippen LogP contribution < -0.4 is 19.9 Å². The number of ether oxygens (including phenoxy) is 3. The molecule has 3 N–H and O–H groups in total. The standard InChI is InChI=1S/C23H21N3O4S/c1-28-15-8-6-14(7-9-15)17-13-31-23(25-17)21-18(27)11-26(22(21)24)10-16-12-29-19-4-2-3-5-20(19)30-16/h2-9,11,13,16,27H,10,12,24H2,1H3/t16-/m1/s1. The van der Waals surface area contributed by atoms with Crippen LogP contribution in [0.3, 0.4) is 0 Å². The minimum Gasteiger partial charge on any atom is -0.506 e. The molecular formula is C23H21N3O4S. The molecule has 1 aliphatic rings. The van der Waals surface area contributed by atoms with Gasteiger partial charge in [-0.05, 0) is 36.4 Å². The molecule has 5 rings (SSSR count). The van der Waals surface area contributed by atoms with Crippen LogP contribution in [0.1, 0.15) is 0 Å². The van der Waals surface area contributed by atoms with E-state index in [0.29, 0.717) is 35.3 Å². The first kappa shape index (κ1) is 19.3. The molecule has 0 amide bonds. The molecule has 7 nitrogen and oxygen atoms in total. The maximum atomic E-state index is 10.6. The molecule has 0 bridgehead atoms. The summed E-state index contributed by atoms with van der Waals surface area (Å²) < 4.78 is 18.8. The molecule has 2 aromatic heterocycles. The Morgan fingerprint density at radius 3 is 2.74 bits per heavy atom. The van der Waals surface area contributed by atoms with Gasteiger partial charge in [0.1, 0.15) is 28.9 Å². The molecule has 0 aliphatic carbocycles. The molecule has 2 aromatic carbocycles. The number of nitrogens with two attached hydrogens (primary N) is 1. The summed E-state index contributed by atoms with van der Waals surface area (Å²) in [5.74, 6) is 2.75. The van der Waals surface area contributed by atoms with Gasteiger partial charge in [-0.2, -0.15) is 0 Å². The number of benzene rings is 2. The summed E-state index contributed by atoms with van der Waals surface area (Å²) in [7, 11) is 1.63. The topological polar surface area (TPSA) is 91.8 Å². The fraction of sp³-hybridized carbons (Fsp3) is 0.174. The van der Waals surface area contributed by atoms with E-state index < -0.39 is 0 Å². The smallest absolute Gasteiger partial charge is 0.161 e. The van der Waals surface area contributed by atoms with Crippen molar-refractivity contribution >= 4 is 17.2 Å². The predicted octanol–water partition coefficient (Wildman–Crippen LogP) is 4.42. The van der Waals surface area contributed by atoms with E-state index in [0.717, 1.165) is 22.8 Å². The molecule has 0 fully saturated rings. The zero-order valence-corrected chi connectivity index (χ0v) is 17.6. The number of aromatic nitrogens is 2. The van der Waals surface area contributed by atoms with Crippen molar-refractivity contribution in [3.8, 4) is 44.8 Å². The van der Waals surface area contributed by atoms with Gasteiger partial charge >= 0.3 is 0 Å². The Balaban J connectivity index is 1.37. The summed E-state index contributed by atoms with van der Waals surface area (Å²) in [6.45, 7) is 0.855. The van der Waals surface area contributed by atoms with Gasteiger partial charge in [0.05, 0.1) is 24.9 Å². The Hall–Kier alpha value is -3.65. The summed E-state index contributed by atoms with van der Waals surface area (Å²) in [4.78, 5) is 4.69. The molecule has 0 saturated carbocycles. The molecule has 31 heavy (non-hydrogen) atoms. The van der Waals surface area contributed by atoms with Crippen LogP contribution in [-0.4, -0.2) is 34.5 Å². The number of fused-ring (bicyclic) bond motifs is 1. The largest absolute Gasteiger partial charge is 0.506 e. The Bertz CT molecular complexity index is 1220. The minimum absolute atomic E-state index is 0.0882. The van der Waals surface area contributed by atoms with E-state index in [2.05, 4.69) is 4.98 Å². The molecule has 0 spiro atoms. The lowest BCUT2D eigenvalue weighted by Gasteiger charge is -2.27. The Kier molecular flexibility index (Phi) is 4.91. The van der Waals surface area contributed by atoms with Crippen molar-refractivity contribution in [2.45, 2.75) is 12.6 Å². The normalized spacial score (nSPS) is 15.1. The monoisotopic (exact) mass is 435 g/mol. The fourth-order valence-corrected chi connectivity index (χ4v) is 4.47. The number of nitrogens with zero attached hydrogens (tertiary/aromatic N) is 2. The number of hydrogen-bond acceptors (Lipinski definition) is 7. The summed E-state index contributed by atoms with van der Waals surface area (Å²) in [6, 6.07) is 15.2. The van der Waals surface area contributed by atoms with Crippen molar-refractivity contribution in [3.05, 3.63) is 60.1 Å². The Labute approximate surface area is 183 Å². The molecular weight excluding hydrogens is 414 g/mol. The van der Waals surface area contributed by atoms with E-state index in [4.69, 9.17) is 19.9 Å². The maximum absolute atomic E-state index is 10.6. The highest BCUT2D eigenvalue weighted by molar-refractivity contribution is 7.13.